The van der Waals surface area contributed by atoms with Gasteiger partial charge in [0.2, 0.25) is 0 Å². The van der Waals surface area contributed by atoms with Crippen molar-refractivity contribution in [3.05, 3.63) is 92.9 Å². The van der Waals surface area contributed by atoms with Crippen LogP contribution >= 0.6 is 0 Å². The van der Waals surface area contributed by atoms with E-state index in [2.05, 4.69) is 19.2 Å². The fourth-order valence-corrected chi connectivity index (χ4v) is 6.27. The van der Waals surface area contributed by atoms with Crippen molar-refractivity contribution in [3.63, 3.8) is 0 Å². The number of benzene rings is 2. The second-order valence-corrected chi connectivity index (χ2v) is 12.0. The molecule has 0 bridgehead atoms. The fourth-order valence-electron chi connectivity index (χ4n) is 6.27. The summed E-state index contributed by atoms with van der Waals surface area (Å²) in [7, 11) is 3.25. The summed E-state index contributed by atoms with van der Waals surface area (Å²) in [5.74, 6) is -1.07. The number of hydrogen-bond donors (Lipinski definition) is 1. The van der Waals surface area contributed by atoms with Crippen LogP contribution in [0.4, 0.5) is 8.78 Å². The lowest BCUT2D eigenvalue weighted by Gasteiger charge is -2.22. The summed E-state index contributed by atoms with van der Waals surface area (Å²) in [5.41, 5.74) is 4.29. The molecule has 0 spiro atoms. The molecule has 3 N–H and O–H groups in total. The number of nitrogens with one attached hydrogen (secondary N) is 1. The third-order valence-corrected chi connectivity index (χ3v) is 9.04. The predicted octanol–water partition coefficient (Wildman–Crippen LogP) is 5.49. The van der Waals surface area contributed by atoms with Gasteiger partial charge >= 0.3 is 5.97 Å². The average Bonchev–Trinajstić information content (AvgIpc) is 3.26. The summed E-state index contributed by atoms with van der Waals surface area (Å²) in [4.78, 5) is 37.5. The molecule has 1 amide bonds. The Balaban J connectivity index is 0.000000861. The van der Waals surface area contributed by atoms with Crippen LogP contribution in [0, 0.1) is 42.7 Å². The van der Waals surface area contributed by atoms with Gasteiger partial charge in [0.25, 0.3) is 11.5 Å². The first kappa shape index (κ1) is 34.6. The number of esters is 1. The highest BCUT2D eigenvalue weighted by molar-refractivity contribution is 5.93. The molecule has 1 aliphatic carbocycles. The number of aromatic nitrogens is 1. The van der Waals surface area contributed by atoms with Gasteiger partial charge < -0.3 is 25.0 Å². The molecule has 1 aromatic heterocycles. The van der Waals surface area contributed by atoms with Crippen LogP contribution in [0.1, 0.15) is 64.7 Å². The third-order valence-electron chi connectivity index (χ3n) is 9.04. The zero-order valence-corrected chi connectivity index (χ0v) is 26.5. The molecule has 244 valence electrons. The Morgan fingerprint density at radius 3 is 2.23 bits per heavy atom. The minimum atomic E-state index is -0.946. The molecule has 5 rings (SSSR count). The van der Waals surface area contributed by atoms with E-state index in [9.17, 15) is 23.2 Å². The van der Waals surface area contributed by atoms with Crippen LogP contribution in [0.25, 0.3) is 11.1 Å². The third kappa shape index (κ3) is 6.92. The highest BCUT2D eigenvalue weighted by Crippen LogP contribution is 2.62. The highest BCUT2D eigenvalue weighted by atomic mass is 19.2. The Kier molecular flexibility index (Phi) is 10.9. The number of piperidine rings is 1. The number of carbonyl (C=O) groups excluding carboxylic acids is 2. The first-order valence-corrected chi connectivity index (χ1v) is 14.6. The molecule has 1 saturated carbocycles. The first-order valence-electron chi connectivity index (χ1n) is 14.6. The maximum Gasteiger partial charge on any atom is 0.307 e. The Morgan fingerprint density at radius 2 is 1.66 bits per heavy atom. The van der Waals surface area contributed by atoms with E-state index < -0.39 is 23.6 Å². The van der Waals surface area contributed by atoms with Crippen molar-refractivity contribution in [1.82, 2.24) is 14.8 Å². The van der Waals surface area contributed by atoms with E-state index >= 15 is 0 Å². The average molecular weight is 618 g/mol. The molecule has 44 heavy (non-hydrogen) atoms. The number of carbonyl (C=O) groups is 2. The zero-order valence-electron chi connectivity index (χ0n) is 26.5. The van der Waals surface area contributed by atoms with Crippen molar-refractivity contribution in [1.29, 1.82) is 0 Å². The molecule has 2 aliphatic rings. The van der Waals surface area contributed by atoms with Crippen LogP contribution in [0.5, 0.6) is 0 Å². The topological polar surface area (TPSA) is 112 Å². The van der Waals surface area contributed by atoms with Gasteiger partial charge in [-0.3, -0.25) is 14.4 Å². The van der Waals surface area contributed by atoms with Gasteiger partial charge in [0.1, 0.15) is 5.69 Å². The van der Waals surface area contributed by atoms with Crippen molar-refractivity contribution < 1.29 is 32.9 Å². The van der Waals surface area contributed by atoms with Crippen LogP contribution in [-0.2, 0) is 16.6 Å². The van der Waals surface area contributed by atoms with Crippen LogP contribution < -0.4 is 10.9 Å². The molecule has 2 unspecified atom stereocenters. The normalized spacial score (nSPS) is 18.3. The van der Waals surface area contributed by atoms with Crippen LogP contribution in [-0.4, -0.2) is 53.6 Å². The molecule has 2 fully saturated rings. The number of ether oxygens (including phenoxy) is 1. The summed E-state index contributed by atoms with van der Waals surface area (Å²) in [6.45, 7) is 12.0. The van der Waals surface area contributed by atoms with E-state index in [0.29, 0.717) is 28.5 Å². The van der Waals surface area contributed by atoms with E-state index in [0.717, 1.165) is 29.8 Å². The summed E-state index contributed by atoms with van der Waals surface area (Å²) in [5, 5.41) is 2.88. The molecule has 3 aromatic rings. The van der Waals surface area contributed by atoms with E-state index in [4.69, 9.17) is 4.74 Å². The van der Waals surface area contributed by atoms with Gasteiger partial charge in [-0.25, -0.2) is 8.78 Å². The molecular weight excluding hydrogens is 568 g/mol. The predicted molar refractivity (Wildman–Crippen MR) is 173 cm³/mol. The van der Waals surface area contributed by atoms with Crippen molar-refractivity contribution in [2.45, 2.75) is 47.1 Å². The van der Waals surface area contributed by atoms with Gasteiger partial charge in [0.15, 0.2) is 11.6 Å². The Hall–Kier alpha value is -3.89. The van der Waals surface area contributed by atoms with Gasteiger partial charge in [-0.1, -0.05) is 38.1 Å². The summed E-state index contributed by atoms with van der Waals surface area (Å²) >= 11 is 0. The first-order chi connectivity index (χ1) is 20.3. The van der Waals surface area contributed by atoms with Crippen molar-refractivity contribution in [2.24, 2.45) is 24.3 Å². The zero-order chi connectivity index (χ0) is 31.6. The van der Waals surface area contributed by atoms with Crippen molar-refractivity contribution >= 4 is 11.9 Å². The quantitative estimate of drug-likeness (QED) is 0.353. The monoisotopic (exact) mass is 617 g/mol. The molecule has 1 aliphatic heterocycles. The van der Waals surface area contributed by atoms with Crippen molar-refractivity contribution in [3.8, 4) is 11.1 Å². The Morgan fingerprint density at radius 1 is 1.07 bits per heavy atom. The largest absolute Gasteiger partial charge is 0.466 e. The SMILES string of the molecule is CCOC(=O)C[C@H](NC)c1cc(-c2c(C)cccc2C)cc(F)c1F.Cn1c(C(=O)N2CC3C(C2)C3(C)C)cccc1=O.O.[HH].[HH].[HH]. The number of fused-ring (bicyclic) bond motifs is 1. The molecule has 3 atom stereocenters. The van der Waals surface area contributed by atoms with Crippen LogP contribution in [0.2, 0.25) is 0 Å². The second-order valence-electron chi connectivity index (χ2n) is 12.0. The summed E-state index contributed by atoms with van der Waals surface area (Å²) in [6, 6.07) is 12.8. The van der Waals surface area contributed by atoms with Gasteiger partial charge in [-0.05, 0) is 85.5 Å². The Labute approximate surface area is 261 Å². The number of likely N-dealkylation sites (tertiary alicyclic amines) is 1. The van der Waals surface area contributed by atoms with Crippen LogP contribution in [0.3, 0.4) is 0 Å². The number of amides is 1. The minimum absolute atomic E-state index is 0. The molecule has 10 heteroatoms. The number of nitrogens with zero attached hydrogens (tertiary/aromatic N) is 2. The maximum absolute atomic E-state index is 14.4. The smallest absolute Gasteiger partial charge is 0.307 e. The standard InChI is InChI=1S/C20H23F2NO2.C14H18N2O2.H2O.3H2/c1-5-25-18(24)11-17(23-4)15-9-14(10-16(21)20(15)22)19-12(2)7-6-8-13(19)3;1-14(2)9-7-16(8-10(9)14)13(18)11-5-4-6-12(17)15(11)3;;;;/h6-10,17,23H,5,11H2,1-4H3;4-6,9-10H,7-8H2,1-3H3;1H2;3*1H/t17-;;;;;/m0...../s1. The Bertz CT molecular complexity index is 1570. The van der Waals surface area contributed by atoms with E-state index in [1.807, 2.05) is 36.9 Å². The van der Waals surface area contributed by atoms with Crippen molar-refractivity contribution in [2.75, 3.05) is 26.7 Å². The lowest BCUT2D eigenvalue weighted by atomic mass is 9.92. The van der Waals surface area contributed by atoms with Gasteiger partial charge in [-0.15, -0.1) is 0 Å². The summed E-state index contributed by atoms with van der Waals surface area (Å²) in [6.07, 6.45) is -0.0725. The van der Waals surface area contributed by atoms with E-state index in [1.165, 1.54) is 16.7 Å². The fraction of sp³-hybridized carbons (Fsp3) is 0.441. The second kappa shape index (κ2) is 13.8. The van der Waals surface area contributed by atoms with E-state index in [1.54, 1.807) is 39.2 Å². The molecule has 2 heterocycles. The van der Waals surface area contributed by atoms with Gasteiger partial charge in [-0.2, -0.15) is 0 Å². The minimum Gasteiger partial charge on any atom is -0.466 e. The number of pyridine rings is 1. The number of halogens is 2. The molecule has 8 nitrogen and oxygen atoms in total. The number of hydrogen-bond acceptors (Lipinski definition) is 5. The van der Waals surface area contributed by atoms with Crippen LogP contribution in [0.15, 0.2) is 53.3 Å². The molecule has 0 radical (unpaired) electrons. The molecule has 2 aromatic carbocycles. The molecular formula is C34H49F2N3O5. The lowest BCUT2D eigenvalue weighted by Crippen LogP contribution is -2.36. The molecule has 1 saturated heterocycles. The number of rotatable bonds is 7. The van der Waals surface area contributed by atoms with E-state index in [-0.39, 0.29) is 39.8 Å². The van der Waals surface area contributed by atoms with Gasteiger partial charge in [0, 0.05) is 42.1 Å². The summed E-state index contributed by atoms with van der Waals surface area (Å²) < 4.78 is 35.0. The lowest BCUT2D eigenvalue weighted by molar-refractivity contribution is -0.143. The number of aryl methyl sites for hydroxylation is 2. The van der Waals surface area contributed by atoms with Gasteiger partial charge in [0.05, 0.1) is 13.0 Å². The highest BCUT2D eigenvalue weighted by Gasteiger charge is 2.62. The maximum atomic E-state index is 14.4.